The second kappa shape index (κ2) is 10.5. The van der Waals surface area contributed by atoms with E-state index >= 15 is 0 Å². The van der Waals surface area contributed by atoms with E-state index in [2.05, 4.69) is 31.8 Å². The molecule has 3 aromatic carbocycles. The highest BCUT2D eigenvalue weighted by Crippen LogP contribution is 2.23. The largest absolute Gasteiger partial charge is 0.488 e. The van der Waals surface area contributed by atoms with E-state index in [9.17, 15) is 9.59 Å². The highest BCUT2D eigenvalue weighted by molar-refractivity contribution is 9.10. The number of hydrogen-bond acceptors (Lipinski definition) is 4. The highest BCUT2D eigenvalue weighted by Gasteiger charge is 2.15. The number of carbonyl (C=O) groups excluding carboxylic acids is 2. The number of anilines is 1. The van der Waals surface area contributed by atoms with Gasteiger partial charge in [-0.2, -0.15) is 5.10 Å². The molecule has 0 fully saturated rings. The number of rotatable bonds is 6. The van der Waals surface area contributed by atoms with Crippen molar-refractivity contribution < 1.29 is 14.3 Å². The summed E-state index contributed by atoms with van der Waals surface area (Å²) >= 11 is 3.42. The number of ether oxygens (including phenoxy) is 1. The van der Waals surface area contributed by atoms with E-state index < -0.39 is 11.8 Å². The van der Waals surface area contributed by atoms with Gasteiger partial charge in [-0.25, -0.2) is 5.43 Å². The molecular weight excluding hydrogens is 458 g/mol. The molecule has 0 spiro atoms. The summed E-state index contributed by atoms with van der Waals surface area (Å²) in [6, 6.07) is 20.9. The summed E-state index contributed by atoms with van der Waals surface area (Å²) in [5.74, 6) is -1.05. The summed E-state index contributed by atoms with van der Waals surface area (Å²) in [6.07, 6.45) is 1.44. The molecule has 0 aromatic heterocycles. The maximum Gasteiger partial charge on any atom is 0.329 e. The maximum atomic E-state index is 12.2. The Balaban J connectivity index is 1.63. The van der Waals surface area contributed by atoms with Crippen LogP contribution in [0.3, 0.4) is 0 Å². The Bertz CT molecular complexity index is 1090. The standard InChI is InChI=1S/C24H22BrN3O3/c1-16-7-6-8-17(2)22(16)27-23(29)24(30)28-26-14-19-13-20(25)11-12-21(19)31-15-18-9-4-3-5-10-18/h3-14H,15H2,1-2H3,(H,27,29)(H,28,30)/b26-14-. The number of para-hydroxylation sites is 1. The molecule has 31 heavy (non-hydrogen) atoms. The van der Waals surface area contributed by atoms with Crippen molar-refractivity contribution in [2.45, 2.75) is 20.5 Å². The van der Waals surface area contributed by atoms with Crippen LogP contribution in [-0.2, 0) is 16.2 Å². The van der Waals surface area contributed by atoms with Crippen LogP contribution in [-0.4, -0.2) is 18.0 Å². The van der Waals surface area contributed by atoms with Crippen molar-refractivity contribution in [2.24, 2.45) is 5.10 Å². The van der Waals surface area contributed by atoms with Crippen molar-refractivity contribution in [3.63, 3.8) is 0 Å². The van der Waals surface area contributed by atoms with Crippen LogP contribution >= 0.6 is 15.9 Å². The summed E-state index contributed by atoms with van der Waals surface area (Å²) in [7, 11) is 0. The Morgan fingerprint density at radius 2 is 1.68 bits per heavy atom. The molecule has 7 heteroatoms. The first-order valence-electron chi connectivity index (χ1n) is 9.61. The molecule has 3 aromatic rings. The number of halogens is 1. The number of hydrogen-bond donors (Lipinski definition) is 2. The lowest BCUT2D eigenvalue weighted by Gasteiger charge is -2.11. The first-order valence-corrected chi connectivity index (χ1v) is 10.4. The molecule has 0 heterocycles. The van der Waals surface area contributed by atoms with Gasteiger partial charge in [-0.1, -0.05) is 64.5 Å². The number of carbonyl (C=O) groups is 2. The number of aryl methyl sites for hydroxylation is 2. The molecular formula is C24H22BrN3O3. The van der Waals surface area contributed by atoms with Gasteiger partial charge in [0.1, 0.15) is 12.4 Å². The lowest BCUT2D eigenvalue weighted by Crippen LogP contribution is -2.32. The van der Waals surface area contributed by atoms with Crippen LogP contribution < -0.4 is 15.5 Å². The molecule has 6 nitrogen and oxygen atoms in total. The van der Waals surface area contributed by atoms with E-state index in [1.54, 1.807) is 0 Å². The molecule has 0 aliphatic heterocycles. The van der Waals surface area contributed by atoms with Crippen molar-refractivity contribution >= 4 is 39.6 Å². The lowest BCUT2D eigenvalue weighted by atomic mass is 10.1. The van der Waals surface area contributed by atoms with E-state index in [4.69, 9.17) is 4.74 Å². The molecule has 2 amide bonds. The monoisotopic (exact) mass is 479 g/mol. The molecule has 158 valence electrons. The molecule has 3 rings (SSSR count). The van der Waals surface area contributed by atoms with E-state index in [0.717, 1.165) is 21.2 Å². The van der Waals surface area contributed by atoms with Gasteiger partial charge in [0.2, 0.25) is 0 Å². The second-order valence-corrected chi connectivity index (χ2v) is 7.79. The number of amides is 2. The zero-order valence-corrected chi connectivity index (χ0v) is 18.8. The second-order valence-electron chi connectivity index (χ2n) is 6.88. The maximum absolute atomic E-state index is 12.2. The topological polar surface area (TPSA) is 79.8 Å². The third-order valence-electron chi connectivity index (χ3n) is 4.50. The van der Waals surface area contributed by atoms with Crippen molar-refractivity contribution in [3.05, 3.63) is 93.5 Å². The van der Waals surface area contributed by atoms with Crippen LogP contribution in [0.1, 0.15) is 22.3 Å². The molecule has 0 atom stereocenters. The van der Waals surface area contributed by atoms with Crippen LogP contribution in [0.5, 0.6) is 5.75 Å². The Morgan fingerprint density at radius 1 is 0.968 bits per heavy atom. The van der Waals surface area contributed by atoms with Crippen LogP contribution in [0.25, 0.3) is 0 Å². The minimum absolute atomic E-state index is 0.397. The minimum Gasteiger partial charge on any atom is -0.488 e. The molecule has 0 bridgehead atoms. The van der Waals surface area contributed by atoms with Crippen molar-refractivity contribution in [1.29, 1.82) is 0 Å². The molecule has 0 saturated heterocycles. The van der Waals surface area contributed by atoms with Crippen LogP contribution in [0, 0.1) is 13.8 Å². The first-order chi connectivity index (χ1) is 14.9. The summed E-state index contributed by atoms with van der Waals surface area (Å²) < 4.78 is 6.72. The van der Waals surface area contributed by atoms with Gasteiger partial charge in [0.25, 0.3) is 0 Å². The predicted octanol–water partition coefficient (Wildman–Crippen LogP) is 4.73. The van der Waals surface area contributed by atoms with E-state index in [-0.39, 0.29) is 0 Å². The van der Waals surface area contributed by atoms with Gasteiger partial charge in [-0.15, -0.1) is 0 Å². The zero-order chi connectivity index (χ0) is 22.2. The fourth-order valence-electron chi connectivity index (χ4n) is 2.88. The summed E-state index contributed by atoms with van der Waals surface area (Å²) in [6.45, 7) is 4.12. The van der Waals surface area contributed by atoms with E-state index in [1.807, 2.05) is 80.6 Å². The van der Waals surface area contributed by atoms with Gasteiger partial charge in [0.15, 0.2) is 0 Å². The van der Waals surface area contributed by atoms with Crippen LogP contribution in [0.2, 0.25) is 0 Å². The number of benzene rings is 3. The number of nitrogens with zero attached hydrogens (tertiary/aromatic N) is 1. The summed E-state index contributed by atoms with van der Waals surface area (Å²) in [4.78, 5) is 24.4. The van der Waals surface area contributed by atoms with Gasteiger partial charge in [-0.05, 0) is 48.7 Å². The van der Waals surface area contributed by atoms with Gasteiger partial charge < -0.3 is 10.1 Å². The fraction of sp³-hybridized carbons (Fsp3) is 0.125. The third-order valence-corrected chi connectivity index (χ3v) is 5.00. The molecule has 0 saturated carbocycles. The van der Waals surface area contributed by atoms with Crippen LogP contribution in [0.4, 0.5) is 5.69 Å². The Hall–Kier alpha value is -3.45. The molecule has 2 N–H and O–H groups in total. The third kappa shape index (κ3) is 6.26. The van der Waals surface area contributed by atoms with E-state index in [1.165, 1.54) is 6.21 Å². The van der Waals surface area contributed by atoms with Gasteiger partial charge >= 0.3 is 11.8 Å². The zero-order valence-electron chi connectivity index (χ0n) is 17.2. The molecule has 0 aliphatic carbocycles. The van der Waals surface area contributed by atoms with Crippen molar-refractivity contribution in [2.75, 3.05) is 5.32 Å². The average molecular weight is 480 g/mol. The number of nitrogens with one attached hydrogen (secondary N) is 2. The normalized spacial score (nSPS) is 10.7. The van der Waals surface area contributed by atoms with Crippen molar-refractivity contribution in [1.82, 2.24) is 5.43 Å². The average Bonchev–Trinajstić information content (AvgIpc) is 2.76. The Kier molecular flexibility index (Phi) is 7.56. The SMILES string of the molecule is Cc1cccc(C)c1NC(=O)C(=O)N/N=C\c1cc(Br)ccc1OCc1ccccc1. The minimum atomic E-state index is -0.861. The van der Waals surface area contributed by atoms with E-state index in [0.29, 0.717) is 23.6 Å². The van der Waals surface area contributed by atoms with Gasteiger partial charge in [0, 0.05) is 15.7 Å². The first kappa shape index (κ1) is 22.2. The molecule has 0 radical (unpaired) electrons. The lowest BCUT2D eigenvalue weighted by molar-refractivity contribution is -0.136. The van der Waals surface area contributed by atoms with Gasteiger partial charge in [0.05, 0.1) is 6.21 Å². The quantitative estimate of drug-likeness (QED) is 0.304. The smallest absolute Gasteiger partial charge is 0.329 e. The van der Waals surface area contributed by atoms with Crippen LogP contribution in [0.15, 0.2) is 76.3 Å². The summed E-state index contributed by atoms with van der Waals surface area (Å²) in [5.41, 5.74) is 6.31. The Morgan fingerprint density at radius 3 is 2.39 bits per heavy atom. The highest BCUT2D eigenvalue weighted by atomic mass is 79.9. The predicted molar refractivity (Wildman–Crippen MR) is 125 cm³/mol. The number of hydrazone groups is 1. The molecule has 0 aliphatic rings. The Labute approximate surface area is 189 Å². The summed E-state index contributed by atoms with van der Waals surface area (Å²) in [5, 5.41) is 6.55. The van der Waals surface area contributed by atoms with Gasteiger partial charge in [-0.3, -0.25) is 9.59 Å². The molecule has 0 unspecified atom stereocenters. The fourth-order valence-corrected chi connectivity index (χ4v) is 3.26. The van der Waals surface area contributed by atoms with Crippen molar-refractivity contribution in [3.8, 4) is 5.75 Å².